The predicted octanol–water partition coefficient (Wildman–Crippen LogP) is 0.478. The van der Waals surface area contributed by atoms with Crippen molar-refractivity contribution in [2.24, 2.45) is 0 Å². The van der Waals surface area contributed by atoms with Crippen LogP contribution in [0.5, 0.6) is 0 Å². The number of hydrogen-bond acceptors (Lipinski definition) is 5. The average molecular weight is 219 g/mol. The Morgan fingerprint density at radius 2 is 2.21 bits per heavy atom. The lowest BCUT2D eigenvalue weighted by molar-refractivity contribution is 0.0660. The first-order valence-electron chi connectivity index (χ1n) is 3.70. The lowest BCUT2D eigenvalue weighted by atomic mass is 10.5. The van der Waals surface area contributed by atoms with Crippen molar-refractivity contribution in [2.45, 2.75) is 12.2 Å². The molecule has 1 atom stereocenters. The van der Waals surface area contributed by atoms with E-state index in [1.807, 2.05) is 0 Å². The summed E-state index contributed by atoms with van der Waals surface area (Å²) in [7, 11) is -3.32. The number of aromatic nitrogens is 1. The summed E-state index contributed by atoms with van der Waals surface area (Å²) in [6.07, 6.45) is 2.02. The van der Waals surface area contributed by atoms with Crippen LogP contribution in [0.15, 0.2) is 10.6 Å². The van der Waals surface area contributed by atoms with Crippen molar-refractivity contribution in [1.29, 1.82) is 0 Å². The van der Waals surface area contributed by atoms with Gasteiger partial charge in [-0.3, -0.25) is 0 Å². The molecule has 0 saturated heterocycles. The number of sulfone groups is 1. The molecule has 1 heterocycles. The molecular weight excluding hydrogens is 210 g/mol. The van der Waals surface area contributed by atoms with E-state index in [0.29, 0.717) is 0 Å². The Morgan fingerprint density at radius 1 is 1.64 bits per heavy atom. The molecule has 0 radical (unpaired) electrons. The zero-order valence-electron chi connectivity index (χ0n) is 7.59. The van der Waals surface area contributed by atoms with Crippen molar-refractivity contribution in [3.8, 4) is 0 Å². The quantitative estimate of drug-likeness (QED) is 0.793. The van der Waals surface area contributed by atoms with E-state index in [0.717, 1.165) is 12.5 Å². The van der Waals surface area contributed by atoms with Gasteiger partial charge < -0.3 is 9.52 Å². The molecule has 1 unspecified atom stereocenters. The van der Waals surface area contributed by atoms with E-state index in [1.54, 1.807) is 0 Å². The number of hydrogen-bond donors (Lipinski definition) is 1. The standard InChI is InChI=1S/C7H9NO5S/c1-4(14(2,11)12)6-8-3-5(13-6)7(9)10/h3-4H,1-2H3,(H,9,10). The fraction of sp³-hybridized carbons (Fsp3) is 0.429. The van der Waals surface area contributed by atoms with Crippen molar-refractivity contribution in [2.75, 3.05) is 6.26 Å². The third-order valence-corrected chi connectivity index (χ3v) is 3.21. The monoisotopic (exact) mass is 219 g/mol. The van der Waals surface area contributed by atoms with Crippen molar-refractivity contribution in [1.82, 2.24) is 4.98 Å². The minimum atomic E-state index is -3.32. The Bertz CT molecular complexity index is 446. The molecule has 0 spiro atoms. The van der Waals surface area contributed by atoms with Gasteiger partial charge in [0.15, 0.2) is 9.84 Å². The predicted molar refractivity (Wildman–Crippen MR) is 46.7 cm³/mol. The third kappa shape index (κ3) is 2.11. The second-order valence-electron chi connectivity index (χ2n) is 2.84. The largest absolute Gasteiger partial charge is 0.475 e. The van der Waals surface area contributed by atoms with Crippen molar-refractivity contribution in [3.05, 3.63) is 17.8 Å². The van der Waals surface area contributed by atoms with E-state index in [4.69, 9.17) is 9.52 Å². The number of oxazole rings is 1. The minimum Gasteiger partial charge on any atom is -0.475 e. The third-order valence-electron chi connectivity index (χ3n) is 1.72. The van der Waals surface area contributed by atoms with E-state index >= 15 is 0 Å². The van der Waals surface area contributed by atoms with Crippen LogP contribution in [0, 0.1) is 0 Å². The summed E-state index contributed by atoms with van der Waals surface area (Å²) in [6, 6.07) is 0. The summed E-state index contributed by atoms with van der Waals surface area (Å²) in [6.45, 7) is 1.38. The van der Waals surface area contributed by atoms with Crippen LogP contribution in [-0.4, -0.2) is 30.7 Å². The first-order valence-corrected chi connectivity index (χ1v) is 5.65. The Morgan fingerprint density at radius 3 is 2.57 bits per heavy atom. The molecule has 0 saturated carbocycles. The molecule has 1 N–H and O–H groups in total. The van der Waals surface area contributed by atoms with E-state index < -0.39 is 21.1 Å². The highest BCUT2D eigenvalue weighted by atomic mass is 32.2. The number of carboxylic acid groups (broad SMARTS) is 1. The highest BCUT2D eigenvalue weighted by Gasteiger charge is 2.23. The molecule has 0 bridgehead atoms. The van der Waals surface area contributed by atoms with Gasteiger partial charge in [-0.05, 0) is 6.92 Å². The maximum Gasteiger partial charge on any atom is 0.373 e. The molecule has 0 aromatic carbocycles. The van der Waals surface area contributed by atoms with Crippen LogP contribution >= 0.6 is 0 Å². The second kappa shape index (κ2) is 3.41. The molecule has 0 fully saturated rings. The highest BCUT2D eigenvalue weighted by Crippen LogP contribution is 2.20. The van der Waals surface area contributed by atoms with Crippen LogP contribution in [0.3, 0.4) is 0 Å². The molecular formula is C7H9NO5S. The molecule has 0 aliphatic rings. The molecule has 1 rings (SSSR count). The molecule has 0 aliphatic carbocycles. The summed E-state index contributed by atoms with van der Waals surface area (Å²) in [5.41, 5.74) is 0. The molecule has 14 heavy (non-hydrogen) atoms. The average Bonchev–Trinajstić information content (AvgIpc) is 2.48. The number of carbonyl (C=O) groups is 1. The number of rotatable bonds is 3. The Labute approximate surface area is 80.5 Å². The fourth-order valence-electron chi connectivity index (χ4n) is 0.758. The van der Waals surface area contributed by atoms with Crippen LogP contribution in [0.2, 0.25) is 0 Å². The minimum absolute atomic E-state index is 0.107. The molecule has 0 aliphatic heterocycles. The Hall–Kier alpha value is -1.37. The first kappa shape index (κ1) is 10.7. The Balaban J connectivity index is 3.04. The van der Waals surface area contributed by atoms with Gasteiger partial charge in [-0.15, -0.1) is 0 Å². The molecule has 1 aromatic rings. The summed E-state index contributed by atoms with van der Waals surface area (Å²) in [4.78, 5) is 14.0. The van der Waals surface area contributed by atoms with Gasteiger partial charge in [-0.25, -0.2) is 18.2 Å². The van der Waals surface area contributed by atoms with Crippen molar-refractivity contribution in [3.63, 3.8) is 0 Å². The smallest absolute Gasteiger partial charge is 0.373 e. The van der Waals surface area contributed by atoms with Gasteiger partial charge in [0.2, 0.25) is 11.7 Å². The van der Waals surface area contributed by atoms with E-state index in [1.165, 1.54) is 6.92 Å². The summed E-state index contributed by atoms with van der Waals surface area (Å²) < 4.78 is 26.9. The van der Waals surface area contributed by atoms with Gasteiger partial charge in [-0.2, -0.15) is 0 Å². The van der Waals surface area contributed by atoms with Gasteiger partial charge in [0.25, 0.3) is 0 Å². The van der Waals surface area contributed by atoms with Gasteiger partial charge >= 0.3 is 5.97 Å². The van der Waals surface area contributed by atoms with Crippen LogP contribution in [0.4, 0.5) is 0 Å². The van der Waals surface area contributed by atoms with Crippen LogP contribution in [-0.2, 0) is 9.84 Å². The molecule has 6 nitrogen and oxygen atoms in total. The van der Waals surface area contributed by atoms with E-state index in [2.05, 4.69) is 4.98 Å². The SMILES string of the molecule is CC(c1ncc(C(=O)O)o1)S(C)(=O)=O. The second-order valence-corrected chi connectivity index (χ2v) is 5.21. The molecule has 7 heteroatoms. The summed E-state index contributed by atoms with van der Waals surface area (Å²) in [5, 5.41) is 7.56. The number of aromatic carboxylic acids is 1. The molecule has 0 amide bonds. The maximum atomic E-state index is 11.1. The highest BCUT2D eigenvalue weighted by molar-refractivity contribution is 7.90. The maximum absolute atomic E-state index is 11.1. The molecule has 1 aromatic heterocycles. The molecule has 78 valence electrons. The van der Waals surface area contributed by atoms with Gasteiger partial charge in [0, 0.05) is 6.26 Å². The topological polar surface area (TPSA) is 97.5 Å². The van der Waals surface area contributed by atoms with Crippen molar-refractivity contribution >= 4 is 15.8 Å². The van der Waals surface area contributed by atoms with E-state index in [-0.39, 0.29) is 11.7 Å². The Kier molecular flexibility index (Phi) is 2.61. The fourth-order valence-corrected chi connectivity index (χ4v) is 1.23. The van der Waals surface area contributed by atoms with E-state index in [9.17, 15) is 13.2 Å². The lowest BCUT2D eigenvalue weighted by Crippen LogP contribution is -2.07. The van der Waals surface area contributed by atoms with Crippen molar-refractivity contribution < 1.29 is 22.7 Å². The number of nitrogens with zero attached hydrogens (tertiary/aromatic N) is 1. The zero-order valence-corrected chi connectivity index (χ0v) is 8.41. The van der Waals surface area contributed by atoms with Crippen LogP contribution in [0.1, 0.15) is 28.6 Å². The van der Waals surface area contributed by atoms with Crippen LogP contribution in [0.25, 0.3) is 0 Å². The summed E-state index contributed by atoms with van der Waals surface area (Å²) >= 11 is 0. The van der Waals surface area contributed by atoms with Crippen LogP contribution < -0.4 is 0 Å². The first-order chi connectivity index (χ1) is 6.32. The zero-order chi connectivity index (χ0) is 10.9. The number of carboxylic acids is 1. The normalized spacial score (nSPS) is 13.9. The van der Waals surface area contributed by atoms with Gasteiger partial charge in [0.05, 0.1) is 6.20 Å². The summed E-state index contributed by atoms with van der Waals surface area (Å²) in [5.74, 6) is -1.75. The van der Waals surface area contributed by atoms with Gasteiger partial charge in [-0.1, -0.05) is 0 Å². The lowest BCUT2D eigenvalue weighted by Gasteiger charge is -2.02. The van der Waals surface area contributed by atoms with Gasteiger partial charge in [0.1, 0.15) is 5.25 Å².